The molecular formula is C29H22F3NO3. The van der Waals surface area contributed by atoms with Gasteiger partial charge in [0.15, 0.2) is 5.78 Å². The molecule has 1 aromatic heterocycles. The van der Waals surface area contributed by atoms with E-state index in [2.05, 4.69) is 4.98 Å². The topological polar surface area (TPSA) is 67.3 Å². The average molecular weight is 489 g/mol. The van der Waals surface area contributed by atoms with Gasteiger partial charge in [0.25, 0.3) is 0 Å². The molecule has 0 saturated carbocycles. The summed E-state index contributed by atoms with van der Waals surface area (Å²) < 4.78 is 39.3. The number of carbonyl (C=O) groups excluding carboxylic acids is 1. The van der Waals surface area contributed by atoms with Gasteiger partial charge in [-0.1, -0.05) is 60.7 Å². The highest BCUT2D eigenvalue weighted by atomic mass is 19.4. The van der Waals surface area contributed by atoms with Crippen molar-refractivity contribution in [1.29, 1.82) is 0 Å². The quantitative estimate of drug-likeness (QED) is 0.279. The van der Waals surface area contributed by atoms with Gasteiger partial charge < -0.3 is 5.11 Å². The van der Waals surface area contributed by atoms with Gasteiger partial charge in [0, 0.05) is 24.1 Å². The summed E-state index contributed by atoms with van der Waals surface area (Å²) >= 11 is 0. The Labute approximate surface area is 206 Å². The van der Waals surface area contributed by atoms with Crippen LogP contribution in [0.25, 0.3) is 11.1 Å². The number of ketones is 1. The van der Waals surface area contributed by atoms with Crippen LogP contribution in [0, 0.1) is 6.92 Å². The van der Waals surface area contributed by atoms with Crippen LogP contribution in [0.1, 0.15) is 55.4 Å². The van der Waals surface area contributed by atoms with Crippen LogP contribution >= 0.6 is 0 Å². The molecule has 0 amide bonds. The number of benzene rings is 3. The molecule has 0 radical (unpaired) electrons. The van der Waals surface area contributed by atoms with Crippen molar-refractivity contribution >= 4 is 11.8 Å². The Balaban J connectivity index is 1.66. The molecule has 4 aromatic rings. The molecule has 0 saturated heterocycles. The molecule has 7 heteroatoms. The van der Waals surface area contributed by atoms with Crippen molar-refractivity contribution in [2.24, 2.45) is 0 Å². The number of hydrogen-bond acceptors (Lipinski definition) is 3. The Bertz CT molecular complexity index is 1390. The van der Waals surface area contributed by atoms with Gasteiger partial charge in [-0.3, -0.25) is 9.78 Å². The third-order valence-corrected chi connectivity index (χ3v) is 6.10. The van der Waals surface area contributed by atoms with Gasteiger partial charge in [0.2, 0.25) is 0 Å². The van der Waals surface area contributed by atoms with Crippen LogP contribution in [0.2, 0.25) is 0 Å². The van der Waals surface area contributed by atoms with E-state index in [9.17, 15) is 22.8 Å². The summed E-state index contributed by atoms with van der Waals surface area (Å²) in [6, 6.07) is 23.8. The largest absolute Gasteiger partial charge is 0.478 e. The number of carboxylic acid groups (broad SMARTS) is 1. The highest BCUT2D eigenvalue weighted by Crippen LogP contribution is 2.34. The standard InChI is InChI=1S/C29H22F3NO3/c1-18-4-2-3-5-24(18)25(17-26(34)23-14-15-33-27(16-23)29(30,31)32)21-10-6-19(7-11-21)20-8-12-22(13-9-20)28(35)36/h2-16,25H,17H2,1H3,(H,35,36)/t25-/m1/s1. The van der Waals surface area contributed by atoms with E-state index in [1.807, 2.05) is 55.5 Å². The van der Waals surface area contributed by atoms with Crippen LogP contribution < -0.4 is 0 Å². The predicted molar refractivity (Wildman–Crippen MR) is 130 cm³/mol. The summed E-state index contributed by atoms with van der Waals surface area (Å²) in [6.45, 7) is 1.93. The molecule has 0 aliphatic rings. The predicted octanol–water partition coefficient (Wildman–Crippen LogP) is 7.18. The molecule has 0 unspecified atom stereocenters. The van der Waals surface area contributed by atoms with Gasteiger partial charge in [0.05, 0.1) is 5.56 Å². The van der Waals surface area contributed by atoms with E-state index >= 15 is 0 Å². The van der Waals surface area contributed by atoms with Gasteiger partial charge in [-0.15, -0.1) is 0 Å². The Morgan fingerprint density at radius 3 is 2.06 bits per heavy atom. The maximum absolute atomic E-state index is 13.1. The van der Waals surface area contributed by atoms with E-state index in [0.717, 1.165) is 40.1 Å². The molecule has 1 N–H and O–H groups in total. The molecule has 1 atom stereocenters. The van der Waals surface area contributed by atoms with Crippen molar-refractivity contribution in [3.8, 4) is 11.1 Å². The van der Waals surface area contributed by atoms with Gasteiger partial charge in [-0.05, 0) is 59.0 Å². The fraction of sp³-hybridized carbons (Fsp3) is 0.138. The van der Waals surface area contributed by atoms with E-state index in [1.54, 1.807) is 12.1 Å². The number of aryl methyl sites for hydroxylation is 1. The number of rotatable bonds is 7. The number of alkyl halides is 3. The zero-order valence-electron chi connectivity index (χ0n) is 19.3. The smallest absolute Gasteiger partial charge is 0.433 e. The zero-order valence-corrected chi connectivity index (χ0v) is 19.3. The van der Waals surface area contributed by atoms with Crippen LogP contribution in [-0.2, 0) is 6.18 Å². The number of carbonyl (C=O) groups is 2. The summed E-state index contributed by atoms with van der Waals surface area (Å²) in [5.74, 6) is -1.78. The number of carboxylic acids is 1. The van der Waals surface area contributed by atoms with Crippen LogP contribution in [0.3, 0.4) is 0 Å². The summed E-state index contributed by atoms with van der Waals surface area (Å²) in [5.41, 5.74) is 3.49. The molecule has 0 fully saturated rings. The molecule has 3 aromatic carbocycles. The monoisotopic (exact) mass is 489 g/mol. The van der Waals surface area contributed by atoms with Crippen LogP contribution in [0.4, 0.5) is 13.2 Å². The van der Waals surface area contributed by atoms with E-state index in [1.165, 1.54) is 18.2 Å². The van der Waals surface area contributed by atoms with Crippen molar-refractivity contribution in [2.75, 3.05) is 0 Å². The Hall–Kier alpha value is -4.26. The molecule has 4 nitrogen and oxygen atoms in total. The Kier molecular flexibility index (Phi) is 7.01. The van der Waals surface area contributed by atoms with E-state index in [0.29, 0.717) is 0 Å². The molecule has 1 heterocycles. The van der Waals surface area contributed by atoms with Crippen molar-refractivity contribution < 1.29 is 27.9 Å². The SMILES string of the molecule is Cc1ccccc1[C@H](CC(=O)c1ccnc(C(F)(F)F)c1)c1ccc(-c2ccc(C(=O)O)cc2)cc1. The molecule has 0 aliphatic carbocycles. The lowest BCUT2D eigenvalue weighted by atomic mass is 9.83. The second-order valence-corrected chi connectivity index (χ2v) is 8.47. The first-order valence-corrected chi connectivity index (χ1v) is 11.2. The molecule has 36 heavy (non-hydrogen) atoms. The molecule has 4 rings (SSSR count). The Morgan fingerprint density at radius 1 is 0.861 bits per heavy atom. The first-order chi connectivity index (χ1) is 17.1. The van der Waals surface area contributed by atoms with E-state index in [-0.39, 0.29) is 23.5 Å². The fourth-order valence-corrected chi connectivity index (χ4v) is 4.16. The maximum atomic E-state index is 13.1. The maximum Gasteiger partial charge on any atom is 0.433 e. The summed E-state index contributed by atoms with van der Waals surface area (Å²) in [7, 11) is 0. The third-order valence-electron chi connectivity index (χ3n) is 6.10. The molecule has 182 valence electrons. The van der Waals surface area contributed by atoms with Gasteiger partial charge >= 0.3 is 12.1 Å². The highest BCUT2D eigenvalue weighted by Gasteiger charge is 2.33. The van der Waals surface area contributed by atoms with Crippen molar-refractivity contribution in [1.82, 2.24) is 4.98 Å². The third kappa shape index (κ3) is 5.51. The first kappa shape index (κ1) is 24.9. The number of hydrogen-bond donors (Lipinski definition) is 1. The number of aromatic nitrogens is 1. The highest BCUT2D eigenvalue weighted by molar-refractivity contribution is 5.97. The minimum absolute atomic E-state index is 0.0151. The average Bonchev–Trinajstić information content (AvgIpc) is 2.87. The normalized spacial score (nSPS) is 12.2. The van der Waals surface area contributed by atoms with Crippen molar-refractivity contribution in [2.45, 2.75) is 25.4 Å². The molecule has 0 spiro atoms. The molecular weight excluding hydrogens is 467 g/mol. The number of pyridine rings is 1. The van der Waals surface area contributed by atoms with E-state index < -0.39 is 23.6 Å². The van der Waals surface area contributed by atoms with Crippen LogP contribution in [0.15, 0.2) is 91.1 Å². The first-order valence-electron chi connectivity index (χ1n) is 11.2. The summed E-state index contributed by atoms with van der Waals surface area (Å²) in [6.07, 6.45) is -3.65. The summed E-state index contributed by atoms with van der Waals surface area (Å²) in [5, 5.41) is 9.10. The Morgan fingerprint density at radius 2 is 1.47 bits per heavy atom. The molecule has 0 aliphatic heterocycles. The second kappa shape index (κ2) is 10.2. The van der Waals surface area contributed by atoms with Crippen molar-refractivity contribution in [3.63, 3.8) is 0 Å². The number of aromatic carboxylic acids is 1. The molecule has 0 bridgehead atoms. The van der Waals surface area contributed by atoms with Crippen LogP contribution in [-0.4, -0.2) is 21.8 Å². The number of halogens is 3. The summed E-state index contributed by atoms with van der Waals surface area (Å²) in [4.78, 5) is 27.6. The van der Waals surface area contributed by atoms with Gasteiger partial charge in [0.1, 0.15) is 5.69 Å². The van der Waals surface area contributed by atoms with E-state index in [4.69, 9.17) is 5.11 Å². The van der Waals surface area contributed by atoms with Gasteiger partial charge in [-0.2, -0.15) is 13.2 Å². The number of Topliss-reactive ketones (excluding diaryl/α,β-unsaturated/α-hetero) is 1. The van der Waals surface area contributed by atoms with Crippen molar-refractivity contribution in [3.05, 3.63) is 125 Å². The minimum atomic E-state index is -4.63. The lowest BCUT2D eigenvalue weighted by molar-refractivity contribution is -0.141. The zero-order chi connectivity index (χ0) is 25.9. The fourth-order valence-electron chi connectivity index (χ4n) is 4.16. The van der Waals surface area contributed by atoms with Gasteiger partial charge in [-0.25, -0.2) is 4.79 Å². The minimum Gasteiger partial charge on any atom is -0.478 e. The lowest BCUT2D eigenvalue weighted by Crippen LogP contribution is -2.13. The second-order valence-electron chi connectivity index (χ2n) is 8.47. The van der Waals surface area contributed by atoms with Crippen LogP contribution in [0.5, 0.6) is 0 Å². The lowest BCUT2D eigenvalue weighted by Gasteiger charge is -2.20. The number of nitrogens with zero attached hydrogens (tertiary/aromatic N) is 1.